The molecule has 1 saturated heterocycles. The minimum atomic E-state index is -1.59. The normalized spacial score (nSPS) is 28.7. The Hall–Kier alpha value is -0.343. The molecule has 2 aliphatic rings. The van der Waals surface area contributed by atoms with E-state index in [2.05, 4.69) is 45.7 Å². The zero-order valence-electron chi connectivity index (χ0n) is 15.6. The van der Waals surface area contributed by atoms with Gasteiger partial charge in [-0.2, -0.15) is 0 Å². The van der Waals surface area contributed by atoms with Gasteiger partial charge >= 0.3 is 0 Å². The average molecular weight is 339 g/mol. The molecule has 1 saturated carbocycles. The van der Waals surface area contributed by atoms with Crippen molar-refractivity contribution in [2.45, 2.75) is 77.3 Å². The van der Waals surface area contributed by atoms with Gasteiger partial charge in [0.05, 0.1) is 0 Å². The molecule has 1 aliphatic heterocycles. The van der Waals surface area contributed by atoms with Crippen LogP contribution in [0.3, 0.4) is 0 Å². The van der Waals surface area contributed by atoms with E-state index in [4.69, 9.17) is 13.9 Å². The number of ether oxygens (including phenoxy) is 2. The van der Waals surface area contributed by atoms with E-state index in [0.29, 0.717) is 23.5 Å². The maximum absolute atomic E-state index is 6.30. The molecule has 0 amide bonds. The third-order valence-corrected chi connectivity index (χ3v) is 10.0. The van der Waals surface area contributed by atoms with Crippen LogP contribution < -0.4 is 0 Å². The van der Waals surface area contributed by atoms with Gasteiger partial charge in [-0.05, 0) is 56.2 Å². The second-order valence-electron chi connectivity index (χ2n) is 8.53. The Balaban J connectivity index is 1.57. The minimum Gasteiger partial charge on any atom is -0.417 e. The summed E-state index contributed by atoms with van der Waals surface area (Å²) in [5.41, 5.74) is 0. The molecular weight excluding hydrogens is 304 g/mol. The van der Waals surface area contributed by atoms with Crippen LogP contribution in [0.1, 0.15) is 52.9 Å². The highest BCUT2D eigenvalue weighted by atomic mass is 28.4. The number of hydrogen-bond donors (Lipinski definition) is 0. The highest BCUT2D eigenvalue weighted by molar-refractivity contribution is 6.74. The summed E-state index contributed by atoms with van der Waals surface area (Å²) in [4.78, 5) is 0. The zero-order valence-corrected chi connectivity index (χ0v) is 16.6. The van der Waals surface area contributed by atoms with E-state index in [9.17, 15) is 0 Å². The van der Waals surface area contributed by atoms with Crippen LogP contribution in [0.2, 0.25) is 18.1 Å². The topological polar surface area (TPSA) is 27.7 Å². The molecule has 132 valence electrons. The summed E-state index contributed by atoms with van der Waals surface area (Å²) < 4.78 is 17.5. The Bertz CT molecular complexity index is 418. The monoisotopic (exact) mass is 338 g/mol. The van der Waals surface area contributed by atoms with Crippen LogP contribution in [0.25, 0.3) is 0 Å². The first-order chi connectivity index (χ1) is 10.8. The summed E-state index contributed by atoms with van der Waals surface area (Å²) in [6, 6.07) is 0. The summed E-state index contributed by atoms with van der Waals surface area (Å²) in [7, 11) is -1.59. The Morgan fingerprint density at radius 2 is 1.91 bits per heavy atom. The van der Waals surface area contributed by atoms with Crippen LogP contribution in [-0.4, -0.2) is 34.4 Å². The van der Waals surface area contributed by atoms with E-state index < -0.39 is 8.32 Å². The molecule has 0 N–H and O–H groups in total. The molecule has 0 spiro atoms. The van der Waals surface area contributed by atoms with E-state index in [1.54, 1.807) is 0 Å². The lowest BCUT2D eigenvalue weighted by Crippen LogP contribution is -2.43. The lowest BCUT2D eigenvalue weighted by molar-refractivity contribution is -0.154. The van der Waals surface area contributed by atoms with Gasteiger partial charge < -0.3 is 13.9 Å². The molecule has 0 bridgehead atoms. The molecule has 1 aliphatic carbocycles. The average Bonchev–Trinajstić information content (AvgIpc) is 2.44. The van der Waals surface area contributed by atoms with Crippen molar-refractivity contribution in [2.75, 3.05) is 19.8 Å². The molecule has 4 heteroatoms. The van der Waals surface area contributed by atoms with Crippen molar-refractivity contribution in [2.24, 2.45) is 11.8 Å². The van der Waals surface area contributed by atoms with Gasteiger partial charge in [0.2, 0.25) is 0 Å². The first-order valence-electron chi connectivity index (χ1n) is 9.13. The van der Waals surface area contributed by atoms with Crippen LogP contribution in [0.4, 0.5) is 0 Å². The maximum Gasteiger partial charge on any atom is 0.191 e. The van der Waals surface area contributed by atoms with Crippen molar-refractivity contribution >= 4 is 8.32 Å². The highest BCUT2D eigenvalue weighted by Gasteiger charge is 2.38. The van der Waals surface area contributed by atoms with Crippen molar-refractivity contribution in [1.29, 1.82) is 0 Å². The third kappa shape index (κ3) is 5.90. The zero-order chi connectivity index (χ0) is 16.9. The first kappa shape index (κ1) is 19.0. The van der Waals surface area contributed by atoms with Crippen molar-refractivity contribution in [1.82, 2.24) is 0 Å². The first-order valence-corrected chi connectivity index (χ1v) is 12.0. The van der Waals surface area contributed by atoms with Gasteiger partial charge in [-0.15, -0.1) is 0 Å². The van der Waals surface area contributed by atoms with E-state index in [1.807, 2.05) is 0 Å². The summed E-state index contributed by atoms with van der Waals surface area (Å²) in [5.74, 6) is 7.75. The van der Waals surface area contributed by atoms with E-state index in [0.717, 1.165) is 26.1 Å². The SMILES string of the molecule is CC(C)(C)[Si](C)(C)OCC1CC(C#CCOC2CCCCO2)C1. The Morgan fingerprint density at radius 1 is 1.17 bits per heavy atom. The van der Waals surface area contributed by atoms with Crippen molar-refractivity contribution in [3.05, 3.63) is 0 Å². The summed E-state index contributed by atoms with van der Waals surface area (Å²) >= 11 is 0. The lowest BCUT2D eigenvalue weighted by atomic mass is 9.76. The Labute approximate surface area is 143 Å². The lowest BCUT2D eigenvalue weighted by Gasteiger charge is -2.40. The molecule has 0 aromatic heterocycles. The van der Waals surface area contributed by atoms with Crippen molar-refractivity contribution in [3.63, 3.8) is 0 Å². The molecule has 3 nitrogen and oxygen atoms in total. The van der Waals surface area contributed by atoms with E-state index in [-0.39, 0.29) is 6.29 Å². The molecule has 1 atom stereocenters. The van der Waals surface area contributed by atoms with Crippen LogP contribution in [0, 0.1) is 23.7 Å². The van der Waals surface area contributed by atoms with Gasteiger partial charge in [-0.1, -0.05) is 32.6 Å². The van der Waals surface area contributed by atoms with Gasteiger partial charge in [0.25, 0.3) is 0 Å². The molecule has 2 fully saturated rings. The summed E-state index contributed by atoms with van der Waals surface area (Å²) in [6.07, 6.45) is 5.72. The predicted octanol–water partition coefficient (Wildman–Crippen LogP) is 4.58. The fourth-order valence-corrected chi connectivity index (χ4v) is 3.78. The highest BCUT2D eigenvalue weighted by Crippen LogP contribution is 2.39. The standard InChI is InChI=1S/C19H34O3Si/c1-19(2,3)23(4,5)22-15-17-13-16(14-17)9-8-12-21-18-10-6-7-11-20-18/h16-18H,6-7,10-15H2,1-5H3. The van der Waals surface area contributed by atoms with Crippen molar-refractivity contribution in [3.8, 4) is 11.8 Å². The molecule has 23 heavy (non-hydrogen) atoms. The van der Waals surface area contributed by atoms with Gasteiger partial charge in [0.15, 0.2) is 14.6 Å². The second kappa shape index (κ2) is 8.16. The van der Waals surface area contributed by atoms with Crippen LogP contribution >= 0.6 is 0 Å². The smallest absolute Gasteiger partial charge is 0.191 e. The summed E-state index contributed by atoms with van der Waals surface area (Å²) in [6.45, 7) is 13.8. The molecule has 1 unspecified atom stereocenters. The molecule has 0 aromatic rings. The largest absolute Gasteiger partial charge is 0.417 e. The molecule has 0 aromatic carbocycles. The molecular formula is C19H34O3Si. The van der Waals surface area contributed by atoms with Crippen LogP contribution in [-0.2, 0) is 13.9 Å². The molecule has 2 rings (SSSR count). The van der Waals surface area contributed by atoms with Gasteiger partial charge in [0.1, 0.15) is 6.61 Å². The van der Waals surface area contributed by atoms with Gasteiger partial charge in [0, 0.05) is 19.1 Å². The minimum absolute atomic E-state index is 0.0230. The maximum atomic E-state index is 6.30. The second-order valence-corrected chi connectivity index (χ2v) is 13.3. The quantitative estimate of drug-likeness (QED) is 0.542. The van der Waals surface area contributed by atoms with Crippen molar-refractivity contribution < 1.29 is 13.9 Å². The Morgan fingerprint density at radius 3 is 2.52 bits per heavy atom. The number of hydrogen-bond acceptors (Lipinski definition) is 3. The van der Waals surface area contributed by atoms with Crippen LogP contribution in [0.5, 0.6) is 0 Å². The molecule has 1 heterocycles. The molecule has 0 radical (unpaired) electrons. The van der Waals surface area contributed by atoms with Gasteiger partial charge in [-0.3, -0.25) is 0 Å². The van der Waals surface area contributed by atoms with E-state index in [1.165, 1.54) is 19.3 Å². The fraction of sp³-hybridized carbons (Fsp3) is 0.895. The fourth-order valence-electron chi connectivity index (χ4n) is 2.70. The predicted molar refractivity (Wildman–Crippen MR) is 96.7 cm³/mol. The summed E-state index contributed by atoms with van der Waals surface area (Å²) in [5, 5.41) is 0.300. The van der Waals surface area contributed by atoms with Gasteiger partial charge in [-0.25, -0.2) is 0 Å². The Kier molecular flexibility index (Phi) is 6.73. The van der Waals surface area contributed by atoms with Crippen LogP contribution in [0.15, 0.2) is 0 Å². The number of rotatable bonds is 5. The van der Waals surface area contributed by atoms with E-state index >= 15 is 0 Å². The third-order valence-electron chi connectivity index (χ3n) is 5.51.